The van der Waals surface area contributed by atoms with Gasteiger partial charge in [0, 0.05) is 24.3 Å². The molecule has 100 valence electrons. The van der Waals surface area contributed by atoms with Crippen molar-refractivity contribution < 1.29 is 19.1 Å². The summed E-state index contributed by atoms with van der Waals surface area (Å²) in [7, 11) is 0. The average Bonchev–Trinajstić information content (AvgIpc) is 2.36. The largest absolute Gasteiger partial charge is 0.454 e. The van der Waals surface area contributed by atoms with Crippen LogP contribution in [0.15, 0.2) is 36.4 Å². The van der Waals surface area contributed by atoms with Gasteiger partial charge in [-0.1, -0.05) is 6.08 Å². The van der Waals surface area contributed by atoms with Crippen LogP contribution >= 0.6 is 0 Å². The zero-order valence-electron chi connectivity index (χ0n) is 10.8. The molecule has 0 fully saturated rings. The van der Waals surface area contributed by atoms with Crippen LogP contribution in [0.1, 0.15) is 24.2 Å². The van der Waals surface area contributed by atoms with Gasteiger partial charge < -0.3 is 10.1 Å². The lowest BCUT2D eigenvalue weighted by atomic mass is 10.1. The van der Waals surface area contributed by atoms with Crippen LogP contribution in [0.3, 0.4) is 0 Å². The standard InChI is InChI=1S/C14H15NO4/c1-3-4-14(18)19-9-13(17)11-5-7-12(8-6-11)15-10(2)16/h3-8H,9H2,1-2H3,(H,15,16)/b4-3+. The number of esters is 1. The summed E-state index contributed by atoms with van der Waals surface area (Å²) in [6.07, 6.45) is 2.78. The molecule has 1 N–H and O–H groups in total. The normalized spacial score (nSPS) is 10.2. The van der Waals surface area contributed by atoms with Gasteiger partial charge in [0.25, 0.3) is 0 Å². The molecular formula is C14H15NO4. The van der Waals surface area contributed by atoms with Crippen molar-refractivity contribution in [3.05, 3.63) is 42.0 Å². The Bertz CT molecular complexity index is 503. The van der Waals surface area contributed by atoms with Crippen molar-refractivity contribution >= 4 is 23.3 Å². The van der Waals surface area contributed by atoms with Gasteiger partial charge in [0.1, 0.15) is 0 Å². The van der Waals surface area contributed by atoms with Crippen molar-refractivity contribution in [1.29, 1.82) is 0 Å². The van der Waals surface area contributed by atoms with Gasteiger partial charge in [0.05, 0.1) is 0 Å². The molecule has 0 aromatic heterocycles. The highest BCUT2D eigenvalue weighted by Crippen LogP contribution is 2.10. The van der Waals surface area contributed by atoms with Crippen molar-refractivity contribution in [3.63, 3.8) is 0 Å². The third kappa shape index (κ3) is 5.16. The number of ketones is 1. The number of rotatable bonds is 5. The van der Waals surface area contributed by atoms with Crippen LogP contribution in [-0.2, 0) is 14.3 Å². The Morgan fingerprint density at radius 1 is 1.21 bits per heavy atom. The van der Waals surface area contributed by atoms with Crippen LogP contribution in [0, 0.1) is 0 Å². The molecule has 0 saturated carbocycles. The molecule has 0 heterocycles. The van der Waals surface area contributed by atoms with Crippen molar-refractivity contribution in [2.75, 3.05) is 11.9 Å². The fourth-order valence-corrected chi connectivity index (χ4v) is 1.35. The van der Waals surface area contributed by atoms with E-state index in [0.29, 0.717) is 11.3 Å². The van der Waals surface area contributed by atoms with E-state index < -0.39 is 5.97 Å². The van der Waals surface area contributed by atoms with Gasteiger partial charge in [-0.2, -0.15) is 0 Å². The summed E-state index contributed by atoms with van der Waals surface area (Å²) in [5.74, 6) is -1.03. The van der Waals surface area contributed by atoms with E-state index in [1.807, 2.05) is 0 Å². The van der Waals surface area contributed by atoms with Crippen LogP contribution in [0.4, 0.5) is 5.69 Å². The Morgan fingerprint density at radius 3 is 2.37 bits per heavy atom. The van der Waals surface area contributed by atoms with Crippen LogP contribution < -0.4 is 5.32 Å². The number of anilines is 1. The van der Waals surface area contributed by atoms with Crippen LogP contribution in [0.2, 0.25) is 0 Å². The molecule has 0 aliphatic rings. The number of benzene rings is 1. The second kappa shape index (κ2) is 7.10. The number of hydrogen-bond acceptors (Lipinski definition) is 4. The van der Waals surface area contributed by atoms with Gasteiger partial charge in [0.15, 0.2) is 12.4 Å². The zero-order valence-corrected chi connectivity index (χ0v) is 10.8. The van der Waals surface area contributed by atoms with E-state index in [1.54, 1.807) is 31.2 Å². The van der Waals surface area contributed by atoms with Crippen LogP contribution in [-0.4, -0.2) is 24.3 Å². The topological polar surface area (TPSA) is 72.5 Å². The van der Waals surface area contributed by atoms with Crippen molar-refractivity contribution in [1.82, 2.24) is 0 Å². The van der Waals surface area contributed by atoms with Gasteiger partial charge in [-0.3, -0.25) is 9.59 Å². The Hall–Kier alpha value is -2.43. The number of carbonyl (C=O) groups excluding carboxylic acids is 3. The molecule has 0 unspecified atom stereocenters. The first kappa shape index (κ1) is 14.6. The van der Waals surface area contributed by atoms with E-state index in [0.717, 1.165) is 0 Å². The SMILES string of the molecule is C/C=C/C(=O)OCC(=O)c1ccc(NC(C)=O)cc1. The quantitative estimate of drug-likeness (QED) is 0.499. The molecule has 1 amide bonds. The molecule has 5 nitrogen and oxygen atoms in total. The zero-order chi connectivity index (χ0) is 14.3. The summed E-state index contributed by atoms with van der Waals surface area (Å²) in [6.45, 7) is 2.78. The molecule has 0 radical (unpaired) electrons. The summed E-state index contributed by atoms with van der Waals surface area (Å²) in [5.41, 5.74) is 1.03. The lowest BCUT2D eigenvalue weighted by Gasteiger charge is -2.04. The highest BCUT2D eigenvalue weighted by atomic mass is 16.5. The molecule has 0 spiro atoms. The summed E-state index contributed by atoms with van der Waals surface area (Å²) in [4.78, 5) is 33.6. The average molecular weight is 261 g/mol. The second-order valence-electron chi connectivity index (χ2n) is 3.79. The fraction of sp³-hybridized carbons (Fsp3) is 0.214. The number of amides is 1. The van der Waals surface area contributed by atoms with E-state index in [1.165, 1.54) is 19.1 Å². The third-order valence-electron chi connectivity index (χ3n) is 2.18. The van der Waals surface area contributed by atoms with E-state index in [2.05, 4.69) is 5.32 Å². The maximum atomic E-state index is 11.7. The lowest BCUT2D eigenvalue weighted by molar-refractivity contribution is -0.136. The first-order valence-corrected chi connectivity index (χ1v) is 5.73. The molecule has 0 bridgehead atoms. The maximum Gasteiger partial charge on any atom is 0.330 e. The van der Waals surface area contributed by atoms with Gasteiger partial charge in [-0.25, -0.2) is 4.79 Å². The molecule has 0 aliphatic heterocycles. The van der Waals surface area contributed by atoms with Crippen LogP contribution in [0.5, 0.6) is 0 Å². The lowest BCUT2D eigenvalue weighted by Crippen LogP contribution is -2.12. The highest BCUT2D eigenvalue weighted by Gasteiger charge is 2.08. The molecule has 1 rings (SSSR count). The molecule has 1 aromatic carbocycles. The minimum absolute atomic E-state index is 0.181. The number of allylic oxidation sites excluding steroid dienone is 1. The second-order valence-corrected chi connectivity index (χ2v) is 3.79. The summed E-state index contributed by atoms with van der Waals surface area (Å²) in [6, 6.07) is 6.36. The first-order chi connectivity index (χ1) is 9.02. The minimum atomic E-state index is -0.550. The number of nitrogens with one attached hydrogen (secondary N) is 1. The third-order valence-corrected chi connectivity index (χ3v) is 2.18. The van der Waals surface area contributed by atoms with Crippen molar-refractivity contribution in [2.24, 2.45) is 0 Å². The predicted octanol–water partition coefficient (Wildman–Crippen LogP) is 1.95. The summed E-state index contributed by atoms with van der Waals surface area (Å²) in [5, 5.41) is 2.59. The van der Waals surface area contributed by atoms with Gasteiger partial charge in [0.2, 0.25) is 5.91 Å². The first-order valence-electron chi connectivity index (χ1n) is 5.73. The number of carbonyl (C=O) groups is 3. The summed E-state index contributed by atoms with van der Waals surface area (Å²) >= 11 is 0. The smallest absolute Gasteiger partial charge is 0.330 e. The van der Waals surface area contributed by atoms with E-state index in [9.17, 15) is 14.4 Å². The van der Waals surface area contributed by atoms with Gasteiger partial charge in [-0.05, 0) is 31.2 Å². The molecule has 0 saturated heterocycles. The number of ether oxygens (including phenoxy) is 1. The Morgan fingerprint density at radius 2 is 1.84 bits per heavy atom. The Labute approximate surface area is 111 Å². The Balaban J connectivity index is 2.58. The molecular weight excluding hydrogens is 246 g/mol. The number of hydrogen-bond donors (Lipinski definition) is 1. The maximum absolute atomic E-state index is 11.7. The molecule has 0 aliphatic carbocycles. The molecule has 5 heteroatoms. The van der Waals surface area contributed by atoms with E-state index >= 15 is 0 Å². The van der Waals surface area contributed by atoms with E-state index in [4.69, 9.17) is 4.74 Å². The molecule has 19 heavy (non-hydrogen) atoms. The minimum Gasteiger partial charge on any atom is -0.454 e. The predicted molar refractivity (Wildman–Crippen MR) is 70.8 cm³/mol. The van der Waals surface area contributed by atoms with Gasteiger partial charge in [-0.15, -0.1) is 0 Å². The van der Waals surface area contributed by atoms with Crippen LogP contribution in [0.25, 0.3) is 0 Å². The van der Waals surface area contributed by atoms with E-state index in [-0.39, 0.29) is 18.3 Å². The van der Waals surface area contributed by atoms with Gasteiger partial charge >= 0.3 is 5.97 Å². The summed E-state index contributed by atoms with van der Waals surface area (Å²) < 4.78 is 4.75. The highest BCUT2D eigenvalue weighted by molar-refractivity contribution is 5.99. The Kier molecular flexibility index (Phi) is 5.47. The van der Waals surface area contributed by atoms with Crippen molar-refractivity contribution in [3.8, 4) is 0 Å². The monoisotopic (exact) mass is 261 g/mol. The molecule has 1 aromatic rings. The molecule has 0 atom stereocenters. The number of Topliss-reactive ketones (excluding diaryl/α,β-unsaturated/α-hetero) is 1. The van der Waals surface area contributed by atoms with Crippen molar-refractivity contribution in [2.45, 2.75) is 13.8 Å². The fourth-order valence-electron chi connectivity index (χ4n) is 1.35.